The van der Waals surface area contributed by atoms with Crippen LogP contribution in [0.4, 0.5) is 0 Å². The summed E-state index contributed by atoms with van der Waals surface area (Å²) in [6.45, 7) is 8.80. The van der Waals surface area contributed by atoms with Gasteiger partial charge in [-0.3, -0.25) is 9.79 Å². The summed E-state index contributed by atoms with van der Waals surface area (Å²) >= 11 is 0. The van der Waals surface area contributed by atoms with E-state index in [0.29, 0.717) is 12.3 Å². The summed E-state index contributed by atoms with van der Waals surface area (Å²) in [5.74, 6) is 1.13. The van der Waals surface area contributed by atoms with Crippen molar-refractivity contribution >= 4 is 11.9 Å². The molecule has 1 unspecified atom stereocenters. The number of carbonyl (C=O) groups is 1. The van der Waals surface area contributed by atoms with Crippen molar-refractivity contribution in [2.75, 3.05) is 66.5 Å². The Morgan fingerprint density at radius 3 is 2.64 bits per heavy atom. The minimum absolute atomic E-state index is 0.196. The Hall–Kier alpha value is -1.34. The number of guanidine groups is 1. The molecule has 144 valence electrons. The molecule has 1 amide bonds. The average Bonchev–Trinajstić information content (AvgIpc) is 2.59. The van der Waals surface area contributed by atoms with E-state index in [2.05, 4.69) is 32.1 Å². The number of rotatable bonds is 7. The molecule has 0 radical (unpaired) electrons. The minimum Gasteiger partial charge on any atom is -0.370 e. The molecule has 0 spiro atoms. The zero-order valence-electron chi connectivity index (χ0n) is 16.0. The number of hydrogen-bond donors (Lipinski definition) is 2. The maximum atomic E-state index is 11.2. The molecule has 0 saturated carbocycles. The molecule has 2 aliphatic rings. The third kappa shape index (κ3) is 7.20. The van der Waals surface area contributed by atoms with Crippen molar-refractivity contribution < 1.29 is 4.79 Å². The van der Waals surface area contributed by atoms with Gasteiger partial charge in [0.25, 0.3) is 0 Å². The van der Waals surface area contributed by atoms with Crippen LogP contribution < -0.4 is 11.1 Å². The minimum atomic E-state index is -0.196. The van der Waals surface area contributed by atoms with E-state index < -0.39 is 0 Å². The van der Waals surface area contributed by atoms with Crippen LogP contribution in [0.3, 0.4) is 0 Å². The van der Waals surface area contributed by atoms with Crippen LogP contribution in [-0.4, -0.2) is 93.0 Å². The summed E-state index contributed by atoms with van der Waals surface area (Å²) in [5.41, 5.74) is 5.35. The number of unbranched alkanes of at least 4 members (excludes halogenated alkanes) is 1. The van der Waals surface area contributed by atoms with E-state index in [4.69, 9.17) is 5.73 Å². The quantitative estimate of drug-likeness (QED) is 0.388. The first-order valence-electron chi connectivity index (χ1n) is 9.73. The highest BCUT2D eigenvalue weighted by atomic mass is 16.1. The predicted octanol–water partition coefficient (Wildman–Crippen LogP) is 0.177. The Morgan fingerprint density at radius 2 is 1.96 bits per heavy atom. The molecule has 25 heavy (non-hydrogen) atoms. The number of hydrogen-bond acceptors (Lipinski definition) is 4. The highest BCUT2D eigenvalue weighted by Crippen LogP contribution is 2.19. The number of likely N-dealkylation sites (N-methyl/N-ethyl adjacent to an activating group) is 1. The van der Waals surface area contributed by atoms with Crippen molar-refractivity contribution in [3.63, 3.8) is 0 Å². The Kier molecular flexibility index (Phi) is 8.48. The van der Waals surface area contributed by atoms with Gasteiger partial charge in [-0.25, -0.2) is 0 Å². The van der Waals surface area contributed by atoms with Crippen molar-refractivity contribution in [1.82, 2.24) is 20.0 Å². The van der Waals surface area contributed by atoms with Crippen LogP contribution in [0.5, 0.6) is 0 Å². The van der Waals surface area contributed by atoms with Gasteiger partial charge in [0.1, 0.15) is 0 Å². The molecule has 2 rings (SSSR count). The average molecular weight is 353 g/mol. The van der Waals surface area contributed by atoms with Crippen molar-refractivity contribution in [3.8, 4) is 0 Å². The zero-order valence-corrected chi connectivity index (χ0v) is 16.0. The largest absolute Gasteiger partial charge is 0.370 e. The molecule has 2 fully saturated rings. The van der Waals surface area contributed by atoms with E-state index in [1.807, 2.05) is 7.05 Å². The Balaban J connectivity index is 1.62. The zero-order chi connectivity index (χ0) is 18.1. The van der Waals surface area contributed by atoms with Gasteiger partial charge in [-0.05, 0) is 45.2 Å². The number of amides is 1. The fourth-order valence-corrected chi connectivity index (χ4v) is 3.77. The van der Waals surface area contributed by atoms with Crippen molar-refractivity contribution in [2.24, 2.45) is 16.6 Å². The van der Waals surface area contributed by atoms with Gasteiger partial charge in [0.05, 0.1) is 0 Å². The number of carbonyl (C=O) groups excluding carboxylic acids is 1. The van der Waals surface area contributed by atoms with Gasteiger partial charge in [-0.1, -0.05) is 0 Å². The summed E-state index contributed by atoms with van der Waals surface area (Å²) in [7, 11) is 4.03. The fraction of sp³-hybridized carbons (Fsp3) is 0.889. The summed E-state index contributed by atoms with van der Waals surface area (Å²) in [6.07, 6.45) is 5.05. The number of nitrogens with one attached hydrogen (secondary N) is 1. The number of likely N-dealkylation sites (tertiary alicyclic amines) is 1. The van der Waals surface area contributed by atoms with Crippen LogP contribution >= 0.6 is 0 Å². The number of nitrogens with zero attached hydrogens (tertiary/aromatic N) is 4. The first-order chi connectivity index (χ1) is 12.1. The van der Waals surface area contributed by atoms with E-state index in [-0.39, 0.29) is 5.91 Å². The van der Waals surface area contributed by atoms with Crippen LogP contribution in [0.25, 0.3) is 0 Å². The highest BCUT2D eigenvalue weighted by molar-refractivity contribution is 5.80. The predicted molar refractivity (Wildman–Crippen MR) is 103 cm³/mol. The maximum absolute atomic E-state index is 11.2. The van der Waals surface area contributed by atoms with Crippen LogP contribution in [0.2, 0.25) is 0 Å². The van der Waals surface area contributed by atoms with Gasteiger partial charge in [-0.15, -0.1) is 0 Å². The van der Waals surface area contributed by atoms with Gasteiger partial charge in [0.15, 0.2) is 5.96 Å². The van der Waals surface area contributed by atoms with Crippen molar-refractivity contribution in [1.29, 1.82) is 0 Å². The van der Waals surface area contributed by atoms with Gasteiger partial charge in [0.2, 0.25) is 5.91 Å². The fourth-order valence-electron chi connectivity index (χ4n) is 3.77. The molecule has 2 aliphatic heterocycles. The molecule has 2 heterocycles. The van der Waals surface area contributed by atoms with Crippen molar-refractivity contribution in [2.45, 2.75) is 32.1 Å². The van der Waals surface area contributed by atoms with E-state index >= 15 is 0 Å². The van der Waals surface area contributed by atoms with E-state index in [9.17, 15) is 4.79 Å². The molecule has 0 aromatic carbocycles. The second kappa shape index (κ2) is 10.6. The lowest BCUT2D eigenvalue weighted by Crippen LogP contribution is -2.47. The summed E-state index contributed by atoms with van der Waals surface area (Å²) in [6, 6.07) is 0. The topological polar surface area (TPSA) is 77.2 Å². The number of aliphatic imine (C=N–C) groups is 1. The lowest BCUT2D eigenvalue weighted by molar-refractivity contribution is -0.119. The molecular formula is C18H36N6O. The maximum Gasteiger partial charge on any atom is 0.217 e. The number of nitrogens with two attached hydrogens (primary N) is 1. The molecule has 0 aliphatic carbocycles. The second-order valence-corrected chi connectivity index (χ2v) is 7.45. The van der Waals surface area contributed by atoms with E-state index in [0.717, 1.165) is 44.9 Å². The van der Waals surface area contributed by atoms with Gasteiger partial charge in [0, 0.05) is 59.3 Å². The summed E-state index contributed by atoms with van der Waals surface area (Å²) < 4.78 is 0. The van der Waals surface area contributed by atoms with Gasteiger partial charge >= 0.3 is 0 Å². The molecule has 0 bridgehead atoms. The highest BCUT2D eigenvalue weighted by Gasteiger charge is 2.23. The Bertz CT molecular complexity index is 433. The molecule has 7 heteroatoms. The Labute approximate surface area is 152 Å². The molecule has 0 aromatic rings. The van der Waals surface area contributed by atoms with E-state index in [1.165, 1.54) is 39.1 Å². The van der Waals surface area contributed by atoms with Gasteiger partial charge in [-0.2, -0.15) is 0 Å². The van der Waals surface area contributed by atoms with Gasteiger partial charge < -0.3 is 25.8 Å². The first-order valence-corrected chi connectivity index (χ1v) is 9.73. The van der Waals surface area contributed by atoms with Crippen LogP contribution in [-0.2, 0) is 4.79 Å². The third-order valence-electron chi connectivity index (χ3n) is 5.30. The number of piperidine rings is 1. The summed E-state index contributed by atoms with van der Waals surface area (Å²) in [5, 5.41) is 3.49. The molecule has 0 aromatic heterocycles. The molecule has 7 nitrogen and oxygen atoms in total. The third-order valence-corrected chi connectivity index (χ3v) is 5.30. The lowest BCUT2D eigenvalue weighted by atomic mass is 9.95. The second-order valence-electron chi connectivity index (χ2n) is 7.45. The normalized spacial score (nSPS) is 23.7. The smallest absolute Gasteiger partial charge is 0.217 e. The number of primary amides is 1. The molecule has 2 saturated heterocycles. The SMILES string of the molecule is CN=C(NCCCCN1CCN(C)CC1)N1CCCC(CC(N)=O)C1. The standard InChI is InChI=1S/C18H36N6O/c1-20-18(24-9-5-6-16(15-24)14-17(19)25)21-7-3-4-8-23-12-10-22(2)11-13-23/h16H,3-15H2,1-2H3,(H2,19,25)(H,20,21). The number of piperazine rings is 1. The summed E-state index contributed by atoms with van der Waals surface area (Å²) in [4.78, 5) is 22.8. The molecule has 3 N–H and O–H groups in total. The molecular weight excluding hydrogens is 316 g/mol. The lowest BCUT2D eigenvalue weighted by Gasteiger charge is -2.34. The van der Waals surface area contributed by atoms with Crippen LogP contribution in [0.1, 0.15) is 32.1 Å². The molecule has 1 atom stereocenters. The Morgan fingerprint density at radius 1 is 1.20 bits per heavy atom. The van der Waals surface area contributed by atoms with Crippen molar-refractivity contribution in [3.05, 3.63) is 0 Å². The first kappa shape index (κ1) is 20.0. The van der Waals surface area contributed by atoms with Crippen LogP contribution in [0.15, 0.2) is 4.99 Å². The van der Waals surface area contributed by atoms with E-state index in [1.54, 1.807) is 0 Å². The monoisotopic (exact) mass is 352 g/mol. The van der Waals surface area contributed by atoms with Crippen LogP contribution in [0, 0.1) is 5.92 Å².